The molecule has 7 nitrogen and oxygen atoms in total. The van der Waals surface area contributed by atoms with Crippen molar-refractivity contribution in [3.63, 3.8) is 0 Å². The van der Waals surface area contributed by atoms with E-state index in [4.69, 9.17) is 5.73 Å². The quantitative estimate of drug-likeness (QED) is 0.713. The molecule has 0 atom stereocenters. The fraction of sp³-hybridized carbons (Fsp3) is 0.381. The van der Waals surface area contributed by atoms with Crippen LogP contribution in [0.3, 0.4) is 0 Å². The normalized spacial score (nSPS) is 15.1. The lowest BCUT2D eigenvalue weighted by Gasteiger charge is -2.31. The molecule has 0 unspecified atom stereocenters. The minimum absolute atomic E-state index is 0.0695. The van der Waals surface area contributed by atoms with E-state index in [1.165, 1.54) is 5.56 Å². The second-order valence-electron chi connectivity index (χ2n) is 7.50. The topological polar surface area (TPSA) is 92.8 Å². The number of rotatable bonds is 5. The van der Waals surface area contributed by atoms with Gasteiger partial charge in [-0.15, -0.1) is 0 Å². The fourth-order valence-electron chi connectivity index (χ4n) is 3.84. The van der Waals surface area contributed by atoms with Gasteiger partial charge in [0.2, 0.25) is 5.91 Å². The molecule has 2 aromatic heterocycles. The molecule has 1 fully saturated rings. The van der Waals surface area contributed by atoms with Crippen molar-refractivity contribution < 1.29 is 4.79 Å². The predicted octanol–water partition coefficient (Wildman–Crippen LogP) is 2.49. The van der Waals surface area contributed by atoms with Gasteiger partial charge in [-0.1, -0.05) is 30.3 Å². The van der Waals surface area contributed by atoms with Crippen LogP contribution < -0.4 is 5.73 Å². The van der Waals surface area contributed by atoms with Gasteiger partial charge in [0.25, 0.3) is 0 Å². The Morgan fingerprint density at radius 3 is 2.64 bits per heavy atom. The lowest BCUT2D eigenvalue weighted by atomic mass is 9.93. The molecule has 3 aromatic rings. The van der Waals surface area contributed by atoms with E-state index in [1.807, 2.05) is 17.9 Å². The predicted molar refractivity (Wildman–Crippen MR) is 108 cm³/mol. The Kier molecular flexibility index (Phi) is 5.14. The summed E-state index contributed by atoms with van der Waals surface area (Å²) in [7, 11) is 0. The van der Waals surface area contributed by atoms with Crippen molar-refractivity contribution in [2.24, 2.45) is 0 Å². The number of nitrogens with one attached hydrogen (secondary N) is 1. The van der Waals surface area contributed by atoms with Crippen LogP contribution in [0.1, 0.15) is 41.4 Å². The van der Waals surface area contributed by atoms with Crippen molar-refractivity contribution in [3.8, 4) is 0 Å². The molecule has 3 N–H and O–H groups in total. The number of aromatic amines is 1. The molecule has 1 saturated heterocycles. The number of nitrogens with two attached hydrogens (primary N) is 1. The highest BCUT2D eigenvalue weighted by Gasteiger charge is 2.26. The van der Waals surface area contributed by atoms with E-state index in [9.17, 15) is 4.79 Å². The molecular formula is C21H26N6O. The zero-order valence-electron chi connectivity index (χ0n) is 16.1. The second-order valence-corrected chi connectivity index (χ2v) is 7.50. The van der Waals surface area contributed by atoms with Gasteiger partial charge >= 0.3 is 0 Å². The van der Waals surface area contributed by atoms with Crippen LogP contribution in [0, 0.1) is 6.92 Å². The van der Waals surface area contributed by atoms with E-state index < -0.39 is 0 Å². The smallest absolute Gasteiger partial charge is 0.244 e. The number of nitrogen functional groups attached to an aromatic ring is 1. The number of aromatic nitrogens is 4. The molecule has 0 radical (unpaired) electrons. The number of aryl methyl sites for hydroxylation is 1. The SMILES string of the molecule is Cc1cc(N)n(CC(=O)N2CCC(c3cc(Cc4ccccc4)[nH]n3)CC2)n1. The molecule has 0 spiro atoms. The van der Waals surface area contributed by atoms with Crippen molar-refractivity contribution in [2.45, 2.75) is 38.6 Å². The van der Waals surface area contributed by atoms with Crippen LogP contribution in [-0.2, 0) is 17.8 Å². The average Bonchev–Trinajstić information content (AvgIpc) is 3.29. The van der Waals surface area contributed by atoms with Gasteiger partial charge in [-0.25, -0.2) is 4.68 Å². The summed E-state index contributed by atoms with van der Waals surface area (Å²) in [6, 6.07) is 14.3. The van der Waals surface area contributed by atoms with Gasteiger partial charge in [0, 0.05) is 37.2 Å². The summed E-state index contributed by atoms with van der Waals surface area (Å²) >= 11 is 0. The lowest BCUT2D eigenvalue weighted by Crippen LogP contribution is -2.40. The lowest BCUT2D eigenvalue weighted by molar-refractivity contribution is -0.133. The number of anilines is 1. The maximum Gasteiger partial charge on any atom is 0.244 e. The summed E-state index contributed by atoms with van der Waals surface area (Å²) < 4.78 is 1.58. The van der Waals surface area contributed by atoms with E-state index in [1.54, 1.807) is 10.7 Å². The number of piperidine rings is 1. The number of amides is 1. The van der Waals surface area contributed by atoms with Crippen molar-refractivity contribution in [1.82, 2.24) is 24.9 Å². The van der Waals surface area contributed by atoms with Crippen LogP contribution in [0.5, 0.6) is 0 Å². The summed E-state index contributed by atoms with van der Waals surface area (Å²) in [6.07, 6.45) is 2.71. The number of carbonyl (C=O) groups excluding carboxylic acids is 1. The molecule has 28 heavy (non-hydrogen) atoms. The number of likely N-dealkylation sites (tertiary alicyclic amines) is 1. The first kappa shape index (κ1) is 18.3. The van der Waals surface area contributed by atoms with Gasteiger partial charge in [0.1, 0.15) is 12.4 Å². The third-order valence-corrected chi connectivity index (χ3v) is 5.37. The van der Waals surface area contributed by atoms with Crippen LogP contribution >= 0.6 is 0 Å². The summed E-state index contributed by atoms with van der Waals surface area (Å²) in [5, 5.41) is 12.0. The Morgan fingerprint density at radius 2 is 1.96 bits per heavy atom. The molecular weight excluding hydrogens is 352 g/mol. The van der Waals surface area contributed by atoms with E-state index in [2.05, 4.69) is 45.6 Å². The Balaban J connectivity index is 1.31. The second kappa shape index (κ2) is 7.88. The highest BCUT2D eigenvalue weighted by molar-refractivity contribution is 5.76. The van der Waals surface area contributed by atoms with Crippen molar-refractivity contribution >= 4 is 11.7 Å². The Morgan fingerprint density at radius 1 is 1.21 bits per heavy atom. The Labute approximate surface area is 164 Å². The number of benzene rings is 1. The van der Waals surface area contributed by atoms with Gasteiger partial charge in [-0.2, -0.15) is 10.2 Å². The van der Waals surface area contributed by atoms with E-state index in [0.717, 1.165) is 49.4 Å². The third kappa shape index (κ3) is 4.08. The number of hydrogen-bond donors (Lipinski definition) is 2. The number of H-pyrrole nitrogens is 1. The van der Waals surface area contributed by atoms with Gasteiger partial charge in [-0.05, 0) is 31.4 Å². The first-order valence-corrected chi connectivity index (χ1v) is 9.74. The minimum Gasteiger partial charge on any atom is -0.384 e. The van der Waals surface area contributed by atoms with Crippen LogP contribution in [0.15, 0.2) is 42.5 Å². The number of nitrogens with zero attached hydrogens (tertiary/aromatic N) is 4. The molecule has 4 rings (SSSR count). The van der Waals surface area contributed by atoms with Crippen molar-refractivity contribution in [2.75, 3.05) is 18.8 Å². The number of hydrogen-bond acceptors (Lipinski definition) is 4. The van der Waals surface area contributed by atoms with Gasteiger partial charge in [0.05, 0.1) is 11.4 Å². The van der Waals surface area contributed by atoms with E-state index >= 15 is 0 Å². The zero-order valence-corrected chi connectivity index (χ0v) is 16.1. The standard InChI is InChI=1S/C21H26N6O/c1-15-11-20(22)27(25-15)14-21(28)26-9-7-17(8-10-26)19-13-18(23-24-19)12-16-5-3-2-4-6-16/h2-6,11,13,17H,7-10,12,14,22H2,1H3,(H,23,24). The summed E-state index contributed by atoms with van der Waals surface area (Å²) in [6.45, 7) is 3.56. The highest BCUT2D eigenvalue weighted by Crippen LogP contribution is 2.27. The molecule has 0 bridgehead atoms. The van der Waals surface area contributed by atoms with Gasteiger partial charge in [0.15, 0.2) is 0 Å². The maximum absolute atomic E-state index is 12.6. The molecule has 0 saturated carbocycles. The van der Waals surface area contributed by atoms with Crippen LogP contribution in [-0.4, -0.2) is 43.9 Å². The fourth-order valence-corrected chi connectivity index (χ4v) is 3.84. The highest BCUT2D eigenvalue weighted by atomic mass is 16.2. The first-order chi connectivity index (χ1) is 13.6. The summed E-state index contributed by atoms with van der Waals surface area (Å²) in [5.74, 6) is 0.991. The molecule has 1 aliphatic rings. The van der Waals surface area contributed by atoms with Gasteiger partial charge < -0.3 is 10.6 Å². The number of carbonyl (C=O) groups is 1. The molecule has 146 valence electrons. The Bertz CT molecular complexity index is 937. The third-order valence-electron chi connectivity index (χ3n) is 5.37. The molecule has 3 heterocycles. The largest absolute Gasteiger partial charge is 0.384 e. The van der Waals surface area contributed by atoms with Crippen LogP contribution in [0.4, 0.5) is 5.82 Å². The van der Waals surface area contributed by atoms with E-state index in [-0.39, 0.29) is 12.5 Å². The molecule has 0 aliphatic carbocycles. The van der Waals surface area contributed by atoms with E-state index in [0.29, 0.717) is 11.7 Å². The maximum atomic E-state index is 12.6. The molecule has 1 amide bonds. The minimum atomic E-state index is 0.0695. The molecule has 7 heteroatoms. The average molecular weight is 378 g/mol. The summed E-state index contributed by atoms with van der Waals surface area (Å²) in [4.78, 5) is 14.5. The van der Waals surface area contributed by atoms with Gasteiger partial charge in [-0.3, -0.25) is 9.89 Å². The van der Waals surface area contributed by atoms with Crippen molar-refractivity contribution in [3.05, 3.63) is 65.1 Å². The van der Waals surface area contributed by atoms with Crippen molar-refractivity contribution in [1.29, 1.82) is 0 Å². The van der Waals surface area contributed by atoms with Crippen LogP contribution in [0.25, 0.3) is 0 Å². The molecule has 1 aromatic carbocycles. The van der Waals surface area contributed by atoms with Crippen LogP contribution in [0.2, 0.25) is 0 Å². The monoisotopic (exact) mass is 378 g/mol. The first-order valence-electron chi connectivity index (χ1n) is 9.74. The zero-order chi connectivity index (χ0) is 19.5. The Hall–Kier alpha value is -3.09. The molecule has 1 aliphatic heterocycles. The summed E-state index contributed by atoms with van der Waals surface area (Å²) in [5.41, 5.74) is 10.2.